The van der Waals surface area contributed by atoms with Gasteiger partial charge in [-0.05, 0) is 58.0 Å². The number of thiophene rings is 1. The SMILES string of the molecule is c1ccc([Si](c2ccccc2)(c2nc(-n3c4ccccc4c4ccccc43)cc(-n3c4ccccc4n4c5ccccc5nc34)n2)c2cccc3c2sc2ccccc23)cc1. The maximum atomic E-state index is 5.93. The van der Waals surface area contributed by atoms with Gasteiger partial charge in [-0.15, -0.1) is 11.3 Å². The number of aromatic nitrogens is 6. The fourth-order valence-corrected chi connectivity index (χ4v) is 16.1. The highest BCUT2D eigenvalue weighted by atomic mass is 32.1. The zero-order valence-electron chi connectivity index (χ0n) is 32.7. The third-order valence-corrected chi connectivity index (χ3v) is 18.3. The molecule has 5 aromatic heterocycles. The molecular weight excluding hydrogens is 781 g/mol. The van der Waals surface area contributed by atoms with Crippen LogP contribution in [0.1, 0.15) is 0 Å². The molecule has 6 nitrogen and oxygen atoms in total. The molecule has 5 heterocycles. The number of rotatable bonds is 6. The second kappa shape index (κ2) is 13.2. The van der Waals surface area contributed by atoms with Crippen LogP contribution in [0.4, 0.5) is 0 Å². The van der Waals surface area contributed by atoms with Gasteiger partial charge in [0.2, 0.25) is 13.9 Å². The van der Waals surface area contributed by atoms with Crippen LogP contribution in [0.15, 0.2) is 206 Å². The normalized spacial score (nSPS) is 12.3. The number of imidazole rings is 2. The summed E-state index contributed by atoms with van der Waals surface area (Å²) in [6, 6.07) is 74.2. The minimum Gasteiger partial charge on any atom is -0.294 e. The molecule has 0 amide bonds. The molecule has 13 aromatic rings. The lowest BCUT2D eigenvalue weighted by Crippen LogP contribution is -2.76. The highest BCUT2D eigenvalue weighted by molar-refractivity contribution is 7.30. The molecule has 13 rings (SSSR count). The third-order valence-electron chi connectivity index (χ3n) is 12.4. The van der Waals surface area contributed by atoms with Gasteiger partial charge in [0.25, 0.3) is 0 Å². The van der Waals surface area contributed by atoms with E-state index in [4.69, 9.17) is 15.0 Å². The van der Waals surface area contributed by atoms with Gasteiger partial charge in [-0.1, -0.05) is 158 Å². The lowest BCUT2D eigenvalue weighted by atomic mass is 10.1. The van der Waals surface area contributed by atoms with Crippen LogP contribution in [-0.4, -0.2) is 36.6 Å². The number of hydrogen-bond acceptors (Lipinski definition) is 4. The maximum Gasteiger partial charge on any atom is 0.227 e. The summed E-state index contributed by atoms with van der Waals surface area (Å²) in [5, 5.41) is 8.57. The summed E-state index contributed by atoms with van der Waals surface area (Å²) in [5.74, 6) is 2.37. The fraction of sp³-hybridized carbons (Fsp3) is 0. The minimum absolute atomic E-state index is 0.760. The molecule has 0 bridgehead atoms. The number of benzene rings is 8. The van der Waals surface area contributed by atoms with Gasteiger partial charge in [0, 0.05) is 37.0 Å². The first kappa shape index (κ1) is 34.2. The molecule has 0 N–H and O–H groups in total. The molecule has 0 unspecified atom stereocenters. The van der Waals surface area contributed by atoms with Gasteiger partial charge < -0.3 is 0 Å². The molecule has 0 aliphatic carbocycles. The molecule has 0 spiro atoms. The standard InChI is InChI=1S/C53H34N6SSi/c1-3-18-35(19-4-1)61(36-20-5-2-6-21-36,48-33-17-25-40-39-24-9-16-32-47(39)60-51(40)48)52-55-49(57-42-27-11-7-22-37(42)38-23-8-12-28-43(38)57)34-50(56-52)59-46-31-15-14-30-45(46)58-44-29-13-10-26-41(44)54-53(58)59/h1-34H. The smallest absolute Gasteiger partial charge is 0.227 e. The number of para-hydroxylation sites is 6. The van der Waals surface area contributed by atoms with E-state index in [1.54, 1.807) is 0 Å². The van der Waals surface area contributed by atoms with Crippen molar-refractivity contribution in [2.75, 3.05) is 0 Å². The van der Waals surface area contributed by atoms with E-state index in [0.29, 0.717) is 0 Å². The van der Waals surface area contributed by atoms with E-state index in [0.717, 1.165) is 56.0 Å². The first-order chi connectivity index (χ1) is 30.3. The Labute approximate surface area is 354 Å². The lowest BCUT2D eigenvalue weighted by Gasteiger charge is -2.33. The first-order valence-corrected chi connectivity index (χ1v) is 23.4. The summed E-state index contributed by atoms with van der Waals surface area (Å²) in [6.07, 6.45) is 0. The molecule has 8 aromatic carbocycles. The Morgan fingerprint density at radius 3 is 1.61 bits per heavy atom. The van der Waals surface area contributed by atoms with Crippen molar-refractivity contribution in [2.24, 2.45) is 0 Å². The van der Waals surface area contributed by atoms with E-state index in [1.807, 2.05) is 11.3 Å². The summed E-state index contributed by atoms with van der Waals surface area (Å²) in [6.45, 7) is 0. The molecule has 0 saturated carbocycles. The molecule has 0 aliphatic rings. The maximum absolute atomic E-state index is 5.93. The molecule has 0 atom stereocenters. The molecule has 0 radical (unpaired) electrons. The highest BCUT2D eigenvalue weighted by Crippen LogP contribution is 2.36. The van der Waals surface area contributed by atoms with Crippen LogP contribution >= 0.6 is 11.3 Å². The van der Waals surface area contributed by atoms with Crippen LogP contribution in [0.5, 0.6) is 0 Å². The molecule has 61 heavy (non-hydrogen) atoms. The van der Waals surface area contributed by atoms with Crippen LogP contribution in [0.25, 0.3) is 81.5 Å². The van der Waals surface area contributed by atoms with Gasteiger partial charge in [-0.2, -0.15) is 0 Å². The zero-order valence-corrected chi connectivity index (χ0v) is 34.5. The van der Waals surface area contributed by atoms with E-state index in [2.05, 4.69) is 220 Å². The predicted octanol–water partition coefficient (Wildman–Crippen LogP) is 10.1. The van der Waals surface area contributed by atoms with Gasteiger partial charge in [-0.3, -0.25) is 13.5 Å². The number of fused-ring (bicyclic) bond motifs is 11. The monoisotopic (exact) mass is 814 g/mol. The van der Waals surface area contributed by atoms with Crippen molar-refractivity contribution >= 4 is 110 Å². The molecular formula is C53H34N6SSi. The summed E-state index contributed by atoms with van der Waals surface area (Å²) in [7, 11) is -3.38. The molecule has 8 heteroatoms. The van der Waals surface area contributed by atoms with Crippen molar-refractivity contribution in [3.8, 4) is 11.6 Å². The lowest BCUT2D eigenvalue weighted by molar-refractivity contribution is 0.994. The quantitative estimate of drug-likeness (QED) is 0.124. The summed E-state index contributed by atoms with van der Waals surface area (Å²) in [5.41, 5.74) is 7.05. The Hall–Kier alpha value is -7.65. The van der Waals surface area contributed by atoms with E-state index < -0.39 is 8.07 Å². The Balaban J connectivity index is 1.25. The zero-order chi connectivity index (χ0) is 40.1. The largest absolute Gasteiger partial charge is 0.294 e. The molecule has 0 saturated heterocycles. The van der Waals surface area contributed by atoms with Crippen molar-refractivity contribution < 1.29 is 0 Å². The Morgan fingerprint density at radius 2 is 0.918 bits per heavy atom. The second-order valence-electron chi connectivity index (χ2n) is 15.6. The van der Waals surface area contributed by atoms with E-state index in [-0.39, 0.29) is 0 Å². The van der Waals surface area contributed by atoms with Crippen LogP contribution in [-0.2, 0) is 0 Å². The minimum atomic E-state index is -3.38. The van der Waals surface area contributed by atoms with Crippen molar-refractivity contribution in [1.29, 1.82) is 0 Å². The average molecular weight is 815 g/mol. The van der Waals surface area contributed by atoms with E-state index in [1.165, 1.54) is 46.5 Å². The predicted molar refractivity (Wildman–Crippen MR) is 256 cm³/mol. The van der Waals surface area contributed by atoms with Crippen molar-refractivity contribution in [3.63, 3.8) is 0 Å². The summed E-state index contributed by atoms with van der Waals surface area (Å²) < 4.78 is 9.38. The van der Waals surface area contributed by atoms with Gasteiger partial charge in [0.05, 0.1) is 33.1 Å². The van der Waals surface area contributed by atoms with Gasteiger partial charge in [0.1, 0.15) is 17.1 Å². The Kier molecular flexibility index (Phi) is 7.39. The topological polar surface area (TPSA) is 52.9 Å². The summed E-state index contributed by atoms with van der Waals surface area (Å²) in [4.78, 5) is 17.2. The van der Waals surface area contributed by atoms with Gasteiger partial charge >= 0.3 is 0 Å². The molecule has 0 aliphatic heterocycles. The third kappa shape index (κ3) is 4.85. The van der Waals surface area contributed by atoms with Gasteiger partial charge in [-0.25, -0.2) is 15.0 Å². The number of nitrogens with zero attached hydrogens (tertiary/aromatic N) is 6. The van der Waals surface area contributed by atoms with Crippen molar-refractivity contribution in [1.82, 2.24) is 28.5 Å². The van der Waals surface area contributed by atoms with Crippen molar-refractivity contribution in [3.05, 3.63) is 206 Å². The van der Waals surface area contributed by atoms with Crippen LogP contribution < -0.4 is 21.0 Å². The first-order valence-electron chi connectivity index (χ1n) is 20.5. The Morgan fingerprint density at radius 1 is 0.393 bits per heavy atom. The molecule has 286 valence electrons. The van der Waals surface area contributed by atoms with Crippen LogP contribution in [0.3, 0.4) is 0 Å². The van der Waals surface area contributed by atoms with E-state index >= 15 is 0 Å². The average Bonchev–Trinajstić information content (AvgIpc) is 4.07. The molecule has 0 fully saturated rings. The second-order valence-corrected chi connectivity index (χ2v) is 20.3. The van der Waals surface area contributed by atoms with Crippen LogP contribution in [0.2, 0.25) is 0 Å². The number of hydrogen-bond donors (Lipinski definition) is 0. The van der Waals surface area contributed by atoms with Gasteiger partial charge in [0.15, 0.2) is 0 Å². The Bertz CT molecular complexity index is 3750. The highest BCUT2D eigenvalue weighted by Gasteiger charge is 2.47. The van der Waals surface area contributed by atoms with Crippen LogP contribution in [0, 0.1) is 0 Å². The van der Waals surface area contributed by atoms with E-state index in [9.17, 15) is 0 Å². The fourth-order valence-electron chi connectivity index (χ4n) is 9.84. The van der Waals surface area contributed by atoms with Crippen molar-refractivity contribution in [2.45, 2.75) is 0 Å². The summed E-state index contributed by atoms with van der Waals surface area (Å²) >= 11 is 1.87.